The molecule has 4 rings (SSSR count). The molecule has 0 unspecified atom stereocenters. The second kappa shape index (κ2) is 7.54. The molecule has 25 heavy (non-hydrogen) atoms. The molecule has 0 bridgehead atoms. The van der Waals surface area contributed by atoms with Crippen molar-refractivity contribution in [2.45, 2.75) is 63.8 Å². The van der Waals surface area contributed by atoms with Gasteiger partial charge < -0.3 is 10.2 Å². The molecular formula is C20H28N4O. The Morgan fingerprint density at radius 1 is 1.08 bits per heavy atom. The molecule has 1 N–H and O–H groups in total. The van der Waals surface area contributed by atoms with Crippen molar-refractivity contribution < 1.29 is 4.79 Å². The summed E-state index contributed by atoms with van der Waals surface area (Å²) in [5, 5.41) is 3.29. The lowest BCUT2D eigenvalue weighted by molar-refractivity contribution is -0.126. The highest BCUT2D eigenvalue weighted by molar-refractivity contribution is 5.79. The summed E-state index contributed by atoms with van der Waals surface area (Å²) in [6.45, 7) is 1.94. The van der Waals surface area contributed by atoms with Crippen molar-refractivity contribution in [3.05, 3.63) is 29.7 Å². The van der Waals surface area contributed by atoms with E-state index in [0.717, 1.165) is 63.9 Å². The van der Waals surface area contributed by atoms with E-state index in [0.29, 0.717) is 6.04 Å². The van der Waals surface area contributed by atoms with Gasteiger partial charge in [0.25, 0.3) is 0 Å². The van der Waals surface area contributed by atoms with Crippen LogP contribution in [-0.4, -0.2) is 35.0 Å². The average Bonchev–Trinajstić information content (AvgIpc) is 2.69. The van der Waals surface area contributed by atoms with E-state index in [2.05, 4.69) is 32.3 Å². The third kappa shape index (κ3) is 3.70. The molecule has 1 fully saturated rings. The number of allylic oxidation sites excluding steroid dienone is 2. The summed E-state index contributed by atoms with van der Waals surface area (Å²) in [5.74, 6) is 1.58. The van der Waals surface area contributed by atoms with Crippen LogP contribution in [0.3, 0.4) is 0 Å². The summed E-state index contributed by atoms with van der Waals surface area (Å²) in [5.41, 5.74) is 2.61. The predicted molar refractivity (Wildman–Crippen MR) is 98.5 cm³/mol. The van der Waals surface area contributed by atoms with Crippen molar-refractivity contribution in [1.82, 2.24) is 15.3 Å². The number of aromatic nitrogens is 2. The molecule has 1 aliphatic heterocycles. The Balaban J connectivity index is 1.34. The van der Waals surface area contributed by atoms with Gasteiger partial charge in [-0.15, -0.1) is 0 Å². The summed E-state index contributed by atoms with van der Waals surface area (Å²) in [6.07, 6.45) is 15.7. The van der Waals surface area contributed by atoms with Gasteiger partial charge in [-0.25, -0.2) is 9.97 Å². The van der Waals surface area contributed by atoms with E-state index in [1.54, 1.807) is 6.33 Å². The van der Waals surface area contributed by atoms with Crippen LogP contribution in [0.1, 0.15) is 56.2 Å². The molecule has 1 saturated heterocycles. The second-order valence-corrected chi connectivity index (χ2v) is 7.58. The van der Waals surface area contributed by atoms with E-state index in [-0.39, 0.29) is 11.8 Å². The number of carbonyl (C=O) groups is 1. The number of anilines is 1. The number of rotatable bonds is 3. The molecule has 1 aromatic heterocycles. The van der Waals surface area contributed by atoms with Crippen LogP contribution in [0, 0.1) is 5.92 Å². The van der Waals surface area contributed by atoms with E-state index >= 15 is 0 Å². The summed E-state index contributed by atoms with van der Waals surface area (Å²) >= 11 is 0. The average molecular weight is 340 g/mol. The maximum Gasteiger partial charge on any atom is 0.223 e. The fourth-order valence-corrected chi connectivity index (χ4v) is 4.36. The lowest BCUT2D eigenvalue weighted by Gasteiger charge is -2.35. The molecule has 0 spiro atoms. The lowest BCUT2D eigenvalue weighted by Crippen LogP contribution is -2.47. The summed E-state index contributed by atoms with van der Waals surface area (Å²) in [4.78, 5) is 23.9. The van der Waals surface area contributed by atoms with E-state index < -0.39 is 0 Å². The number of nitrogens with zero attached hydrogens (tertiary/aromatic N) is 3. The van der Waals surface area contributed by atoms with Crippen LogP contribution in [-0.2, 0) is 17.6 Å². The lowest BCUT2D eigenvalue weighted by atomic mass is 9.92. The molecule has 0 saturated carbocycles. The first kappa shape index (κ1) is 16.6. The van der Waals surface area contributed by atoms with Crippen LogP contribution >= 0.6 is 0 Å². The molecule has 5 nitrogen and oxygen atoms in total. The van der Waals surface area contributed by atoms with Gasteiger partial charge in [0.2, 0.25) is 5.91 Å². The normalized spacial score (nSPS) is 24.0. The van der Waals surface area contributed by atoms with E-state index in [4.69, 9.17) is 0 Å². The van der Waals surface area contributed by atoms with Gasteiger partial charge in [0.1, 0.15) is 12.1 Å². The Bertz CT molecular complexity index is 649. The number of amides is 1. The van der Waals surface area contributed by atoms with Crippen molar-refractivity contribution in [1.29, 1.82) is 0 Å². The summed E-state index contributed by atoms with van der Waals surface area (Å²) < 4.78 is 0. The fraction of sp³-hybridized carbons (Fsp3) is 0.650. The molecule has 5 heteroatoms. The highest BCUT2D eigenvalue weighted by atomic mass is 16.1. The Morgan fingerprint density at radius 3 is 2.72 bits per heavy atom. The minimum Gasteiger partial charge on any atom is -0.356 e. The monoisotopic (exact) mass is 340 g/mol. The minimum atomic E-state index is 0.178. The smallest absolute Gasteiger partial charge is 0.223 e. The Morgan fingerprint density at radius 2 is 1.92 bits per heavy atom. The molecule has 1 amide bonds. The van der Waals surface area contributed by atoms with Gasteiger partial charge in [-0.2, -0.15) is 0 Å². The Labute approximate surface area is 149 Å². The third-order valence-electron chi connectivity index (χ3n) is 5.88. The quantitative estimate of drug-likeness (QED) is 0.860. The van der Waals surface area contributed by atoms with Crippen molar-refractivity contribution >= 4 is 11.7 Å². The van der Waals surface area contributed by atoms with Gasteiger partial charge in [-0.05, 0) is 57.8 Å². The molecule has 2 heterocycles. The maximum atomic E-state index is 12.4. The molecule has 2 aliphatic carbocycles. The number of aryl methyl sites for hydroxylation is 1. The second-order valence-electron chi connectivity index (χ2n) is 7.58. The highest BCUT2D eigenvalue weighted by Gasteiger charge is 2.27. The van der Waals surface area contributed by atoms with Crippen LogP contribution in [0.25, 0.3) is 0 Å². The van der Waals surface area contributed by atoms with Crippen molar-refractivity contribution in [3.63, 3.8) is 0 Å². The molecule has 0 aromatic carbocycles. The highest BCUT2D eigenvalue weighted by Crippen LogP contribution is 2.29. The van der Waals surface area contributed by atoms with Gasteiger partial charge in [0, 0.05) is 36.3 Å². The molecular weight excluding hydrogens is 312 g/mol. The van der Waals surface area contributed by atoms with Crippen LogP contribution in [0.15, 0.2) is 18.5 Å². The first-order chi connectivity index (χ1) is 12.3. The van der Waals surface area contributed by atoms with Crippen LogP contribution < -0.4 is 10.2 Å². The zero-order valence-corrected chi connectivity index (χ0v) is 14.9. The first-order valence-corrected chi connectivity index (χ1v) is 9.84. The Hall–Kier alpha value is -1.91. The van der Waals surface area contributed by atoms with Gasteiger partial charge in [-0.1, -0.05) is 12.2 Å². The molecule has 1 atom stereocenters. The number of hydrogen-bond acceptors (Lipinski definition) is 4. The van der Waals surface area contributed by atoms with Gasteiger partial charge in [0.05, 0.1) is 0 Å². The van der Waals surface area contributed by atoms with E-state index in [1.807, 2.05) is 0 Å². The number of fused-ring (bicyclic) bond motifs is 1. The van der Waals surface area contributed by atoms with E-state index in [1.165, 1.54) is 24.1 Å². The topological polar surface area (TPSA) is 58.1 Å². The number of carbonyl (C=O) groups excluding carboxylic acids is 1. The number of nitrogens with one attached hydrogen (secondary N) is 1. The fourth-order valence-electron chi connectivity index (χ4n) is 4.36. The largest absolute Gasteiger partial charge is 0.356 e. The van der Waals surface area contributed by atoms with Gasteiger partial charge in [-0.3, -0.25) is 4.79 Å². The maximum absolute atomic E-state index is 12.4. The predicted octanol–water partition coefficient (Wildman–Crippen LogP) is 2.80. The van der Waals surface area contributed by atoms with Crippen molar-refractivity contribution in [2.24, 2.45) is 5.92 Å². The van der Waals surface area contributed by atoms with E-state index in [9.17, 15) is 4.79 Å². The number of hydrogen-bond donors (Lipinski definition) is 1. The summed E-state index contributed by atoms with van der Waals surface area (Å²) in [6, 6.07) is 0.312. The zero-order valence-electron chi connectivity index (χ0n) is 14.9. The van der Waals surface area contributed by atoms with Crippen LogP contribution in [0.4, 0.5) is 5.82 Å². The Kier molecular flexibility index (Phi) is 4.99. The van der Waals surface area contributed by atoms with Crippen molar-refractivity contribution in [2.75, 3.05) is 18.0 Å². The molecule has 3 aliphatic rings. The van der Waals surface area contributed by atoms with Crippen LogP contribution in [0.2, 0.25) is 0 Å². The van der Waals surface area contributed by atoms with Crippen molar-refractivity contribution in [3.8, 4) is 0 Å². The third-order valence-corrected chi connectivity index (χ3v) is 5.88. The minimum absolute atomic E-state index is 0.178. The van der Waals surface area contributed by atoms with Crippen LogP contribution in [0.5, 0.6) is 0 Å². The molecule has 134 valence electrons. The molecule has 1 aromatic rings. The zero-order chi connectivity index (χ0) is 17.1. The van der Waals surface area contributed by atoms with Gasteiger partial charge >= 0.3 is 0 Å². The SMILES string of the molecule is O=C(NC1CCN(c2ncnc3c2CCCC3)CC1)[C@@H]1CC=CCC1. The standard InChI is InChI=1S/C20H28N4O/c25-20(15-6-2-1-3-7-15)23-16-10-12-24(13-11-16)19-17-8-4-5-9-18(17)21-14-22-19/h1-2,14-16H,3-13H2,(H,23,25)/t15-/m1/s1. The summed E-state index contributed by atoms with van der Waals surface area (Å²) in [7, 11) is 0. The molecule has 0 radical (unpaired) electrons. The van der Waals surface area contributed by atoms with Gasteiger partial charge in [0.15, 0.2) is 0 Å². The number of piperidine rings is 1. The first-order valence-electron chi connectivity index (χ1n) is 9.84.